The van der Waals surface area contributed by atoms with Gasteiger partial charge in [0.05, 0.1) is 12.2 Å². The Hall–Kier alpha value is -2.22. The van der Waals surface area contributed by atoms with Gasteiger partial charge >= 0.3 is 5.97 Å². The first-order valence-electron chi connectivity index (χ1n) is 9.85. The van der Waals surface area contributed by atoms with E-state index in [0.717, 1.165) is 0 Å². The number of rotatable bonds is 11. The molecule has 5 atom stereocenters. The van der Waals surface area contributed by atoms with Gasteiger partial charge in [-0.15, -0.1) is 0 Å². The minimum Gasteiger partial charge on any atom is -0.487 e. The number of unbranched alkanes of at least 4 members (excludes halogenated alkanes) is 1. The first-order valence-corrected chi connectivity index (χ1v) is 9.85. The summed E-state index contributed by atoms with van der Waals surface area (Å²) in [6, 6.07) is 5.93. The van der Waals surface area contributed by atoms with Crippen molar-refractivity contribution in [2.75, 3.05) is 6.61 Å². The third-order valence-electron chi connectivity index (χ3n) is 5.05. The fraction of sp³-hybridized carbons (Fsp3) is 0.500. The smallest absolute Gasteiger partial charge is 0.303 e. The molecular weight excluding hydrogens is 379 g/mol. The molecule has 2 rings (SSSR count). The van der Waals surface area contributed by atoms with Crippen molar-refractivity contribution >= 4 is 5.97 Å². The van der Waals surface area contributed by atoms with E-state index < -0.39 is 30.1 Å². The summed E-state index contributed by atoms with van der Waals surface area (Å²) in [6.45, 7) is -0.128. The van der Waals surface area contributed by atoms with E-state index in [9.17, 15) is 24.5 Å². The summed E-state index contributed by atoms with van der Waals surface area (Å²) in [5.74, 6) is -1.79. The van der Waals surface area contributed by atoms with Crippen LogP contribution in [0, 0.1) is 17.7 Å². The number of hydrogen-bond acceptors (Lipinski definition) is 5. The maximum atomic E-state index is 13.5. The molecule has 1 aromatic carbocycles. The molecule has 0 aliphatic heterocycles. The van der Waals surface area contributed by atoms with Crippen molar-refractivity contribution in [3.05, 3.63) is 54.4 Å². The van der Waals surface area contributed by atoms with Gasteiger partial charge in [0, 0.05) is 18.8 Å². The average molecular weight is 408 g/mol. The van der Waals surface area contributed by atoms with Crippen LogP contribution < -0.4 is 4.74 Å². The molecule has 1 aliphatic carbocycles. The minimum atomic E-state index is -0.980. The van der Waals surface area contributed by atoms with E-state index in [1.54, 1.807) is 18.2 Å². The molecule has 1 aromatic rings. The fourth-order valence-corrected chi connectivity index (χ4v) is 3.50. The lowest BCUT2D eigenvalue weighted by atomic mass is 9.89. The molecule has 6 nitrogen and oxygen atoms in total. The van der Waals surface area contributed by atoms with Crippen LogP contribution >= 0.6 is 0 Å². The second-order valence-corrected chi connectivity index (χ2v) is 7.30. The van der Waals surface area contributed by atoms with Gasteiger partial charge in [-0.25, -0.2) is 4.39 Å². The van der Waals surface area contributed by atoms with Gasteiger partial charge in [-0.1, -0.05) is 36.4 Å². The molecule has 4 N–H and O–H groups in total. The number of allylic oxidation sites excluding steroid dienone is 2. The first kappa shape index (κ1) is 23.1. The standard InChI is InChI=1S/C22H29FO6/c23-18-8-5-6-9-21(18)29-14-15(24)11-12-17-16(19(25)13-20(17)26)7-3-1-2-4-10-22(27)28/h1,3,5-6,8-9,11-12,15-17,19-20,24-26H,2,4,7,10,13-14H2,(H,27,28)/b3-1-,12-11+/t15-,16-,17?,19+,20-/m1/s1. The fourth-order valence-electron chi connectivity index (χ4n) is 3.50. The lowest BCUT2D eigenvalue weighted by molar-refractivity contribution is -0.137. The zero-order valence-corrected chi connectivity index (χ0v) is 16.2. The first-order chi connectivity index (χ1) is 13.9. The highest BCUT2D eigenvalue weighted by Crippen LogP contribution is 2.36. The van der Waals surface area contributed by atoms with Crippen LogP contribution in [-0.4, -0.2) is 51.3 Å². The van der Waals surface area contributed by atoms with Crippen molar-refractivity contribution in [2.45, 2.75) is 50.4 Å². The second-order valence-electron chi connectivity index (χ2n) is 7.30. The molecule has 160 valence electrons. The molecule has 1 unspecified atom stereocenters. The Morgan fingerprint density at radius 1 is 1.24 bits per heavy atom. The molecule has 0 spiro atoms. The molecule has 0 amide bonds. The highest BCUT2D eigenvalue weighted by molar-refractivity contribution is 5.66. The highest BCUT2D eigenvalue weighted by atomic mass is 19.1. The molecule has 0 aromatic heterocycles. The Morgan fingerprint density at radius 2 is 2.00 bits per heavy atom. The molecule has 7 heteroatoms. The van der Waals surface area contributed by atoms with Gasteiger partial charge in [0.15, 0.2) is 11.6 Å². The van der Waals surface area contributed by atoms with E-state index in [-0.39, 0.29) is 37.0 Å². The SMILES string of the molecule is O=C(O)CCC/C=C\C[C@@H]1C(/C=C/[C@@H](O)COc2ccccc2F)[C@H](O)C[C@@H]1O. The third kappa shape index (κ3) is 7.61. The summed E-state index contributed by atoms with van der Waals surface area (Å²) in [5, 5.41) is 39.1. The number of carboxylic acid groups (broad SMARTS) is 1. The Kier molecular flexibility index (Phi) is 9.31. The number of carboxylic acids is 1. The zero-order valence-electron chi connectivity index (χ0n) is 16.2. The number of benzene rings is 1. The molecule has 0 heterocycles. The van der Waals surface area contributed by atoms with Crippen molar-refractivity contribution in [1.29, 1.82) is 0 Å². The molecule has 1 saturated carbocycles. The third-order valence-corrected chi connectivity index (χ3v) is 5.05. The van der Waals surface area contributed by atoms with Crippen LogP contribution in [0.25, 0.3) is 0 Å². The van der Waals surface area contributed by atoms with E-state index in [2.05, 4.69) is 0 Å². The maximum Gasteiger partial charge on any atom is 0.303 e. The number of para-hydroxylation sites is 1. The number of aliphatic hydroxyl groups excluding tert-OH is 3. The predicted molar refractivity (Wildman–Crippen MR) is 106 cm³/mol. The van der Waals surface area contributed by atoms with Crippen LogP contribution in [0.15, 0.2) is 48.6 Å². The minimum absolute atomic E-state index is 0.0576. The van der Waals surface area contributed by atoms with Gasteiger partial charge in [0.2, 0.25) is 0 Å². The van der Waals surface area contributed by atoms with Gasteiger partial charge in [-0.05, 0) is 37.3 Å². The van der Waals surface area contributed by atoms with Crippen LogP contribution in [-0.2, 0) is 4.79 Å². The number of halogens is 1. The van der Waals surface area contributed by atoms with Crippen LogP contribution in [0.4, 0.5) is 4.39 Å². The van der Waals surface area contributed by atoms with E-state index in [1.165, 1.54) is 18.2 Å². The van der Waals surface area contributed by atoms with Gasteiger partial charge in [0.25, 0.3) is 0 Å². The molecular formula is C22H29FO6. The van der Waals surface area contributed by atoms with Crippen molar-refractivity contribution in [3.8, 4) is 5.75 Å². The van der Waals surface area contributed by atoms with Crippen molar-refractivity contribution in [3.63, 3.8) is 0 Å². The number of hydrogen-bond donors (Lipinski definition) is 4. The predicted octanol–water partition coefficient (Wildman–Crippen LogP) is 2.68. The average Bonchev–Trinajstić information content (AvgIpc) is 2.94. The number of carbonyl (C=O) groups is 1. The molecule has 0 bridgehead atoms. The molecule has 1 aliphatic rings. The Bertz CT molecular complexity index is 704. The van der Waals surface area contributed by atoms with E-state index in [0.29, 0.717) is 19.3 Å². The van der Waals surface area contributed by atoms with Crippen LogP contribution in [0.2, 0.25) is 0 Å². The van der Waals surface area contributed by atoms with E-state index in [1.807, 2.05) is 12.2 Å². The second kappa shape index (κ2) is 11.7. The monoisotopic (exact) mass is 408 g/mol. The van der Waals surface area contributed by atoms with Crippen LogP contribution in [0.5, 0.6) is 5.75 Å². The summed E-state index contributed by atoms with van der Waals surface area (Å²) < 4.78 is 18.8. The van der Waals surface area contributed by atoms with Crippen LogP contribution in [0.1, 0.15) is 32.1 Å². The molecule has 0 radical (unpaired) electrons. The Balaban J connectivity index is 1.84. The summed E-state index contributed by atoms with van der Waals surface area (Å²) >= 11 is 0. The summed E-state index contributed by atoms with van der Waals surface area (Å²) in [7, 11) is 0. The molecule has 0 saturated heterocycles. The van der Waals surface area contributed by atoms with Crippen molar-refractivity contribution < 1.29 is 34.3 Å². The van der Waals surface area contributed by atoms with Gasteiger partial charge in [0.1, 0.15) is 12.7 Å². The highest BCUT2D eigenvalue weighted by Gasteiger charge is 2.39. The Morgan fingerprint density at radius 3 is 2.72 bits per heavy atom. The van der Waals surface area contributed by atoms with Gasteiger partial charge in [-0.2, -0.15) is 0 Å². The zero-order chi connectivity index (χ0) is 21.2. The normalized spacial score (nSPS) is 25.7. The van der Waals surface area contributed by atoms with Gasteiger partial charge in [-0.3, -0.25) is 4.79 Å². The Labute approximate surface area is 170 Å². The summed E-state index contributed by atoms with van der Waals surface area (Å²) in [4.78, 5) is 10.5. The number of ether oxygens (including phenoxy) is 1. The van der Waals surface area contributed by atoms with Crippen molar-refractivity contribution in [2.24, 2.45) is 11.8 Å². The molecule has 29 heavy (non-hydrogen) atoms. The quantitative estimate of drug-likeness (QED) is 0.331. The topological polar surface area (TPSA) is 107 Å². The van der Waals surface area contributed by atoms with Gasteiger partial charge < -0.3 is 25.2 Å². The largest absolute Gasteiger partial charge is 0.487 e. The number of aliphatic hydroxyl groups is 3. The van der Waals surface area contributed by atoms with E-state index in [4.69, 9.17) is 9.84 Å². The van der Waals surface area contributed by atoms with Crippen molar-refractivity contribution in [1.82, 2.24) is 0 Å². The maximum absolute atomic E-state index is 13.5. The summed E-state index contributed by atoms with van der Waals surface area (Å²) in [5.41, 5.74) is 0. The summed E-state index contributed by atoms with van der Waals surface area (Å²) in [6.07, 6.45) is 6.72. The molecule has 1 fully saturated rings. The number of aliphatic carboxylic acids is 1. The van der Waals surface area contributed by atoms with E-state index >= 15 is 0 Å². The lowest BCUT2D eigenvalue weighted by Gasteiger charge is -2.19. The van der Waals surface area contributed by atoms with Crippen LogP contribution in [0.3, 0.4) is 0 Å². The lowest BCUT2D eigenvalue weighted by Crippen LogP contribution is -2.21.